The van der Waals surface area contributed by atoms with Gasteiger partial charge in [-0.05, 0) is 116 Å². The van der Waals surface area contributed by atoms with Gasteiger partial charge in [0, 0.05) is 71.6 Å². The van der Waals surface area contributed by atoms with E-state index in [0.717, 1.165) is 36.8 Å². The minimum atomic E-state index is -1.77. The largest absolute Gasteiger partial charge is 0.508 e. The Morgan fingerprint density at radius 2 is 0.862 bits per heavy atom. The number of hydrogen-bond donors (Lipinski definition) is 23. The predicted octanol–water partition coefficient (Wildman–Crippen LogP) is 0.931. The number of phenolic OH excluding ortho intramolecular Hbond substituents is 1. The normalized spacial score (nSPS) is 15.4. The Kier molecular flexibility index (Phi) is 47.8. The first-order valence-electron chi connectivity index (χ1n) is 45.7. The molecule has 10 atom stereocenters. The number of aliphatic hydroxyl groups excluding tert-OH is 1. The first-order valence-corrected chi connectivity index (χ1v) is 45.7. The van der Waals surface area contributed by atoms with Crippen LogP contribution in [0.3, 0.4) is 0 Å². The van der Waals surface area contributed by atoms with E-state index in [9.17, 15) is 53.7 Å². The van der Waals surface area contributed by atoms with Crippen molar-refractivity contribution in [2.75, 3.05) is 78.6 Å². The Morgan fingerprint density at radius 3 is 1.39 bits per heavy atom. The lowest BCUT2D eigenvalue weighted by Crippen LogP contribution is -2.61. The summed E-state index contributed by atoms with van der Waals surface area (Å²) < 4.78 is 0. The number of rotatable bonds is 61. The van der Waals surface area contributed by atoms with Crippen molar-refractivity contribution in [1.29, 1.82) is 16.2 Å². The van der Waals surface area contributed by atoms with Crippen LogP contribution >= 0.6 is 0 Å². The predicted molar refractivity (Wildman–Crippen MR) is 493 cm³/mol. The van der Waals surface area contributed by atoms with Gasteiger partial charge in [0.15, 0.2) is 17.9 Å². The molecule has 130 heavy (non-hydrogen) atoms. The zero-order valence-corrected chi connectivity index (χ0v) is 75.5. The van der Waals surface area contributed by atoms with Crippen LogP contribution in [-0.2, 0) is 81.6 Å². The van der Waals surface area contributed by atoms with Crippen molar-refractivity contribution >= 4 is 106 Å². The molecule has 0 spiro atoms. The Morgan fingerprint density at radius 1 is 0.431 bits per heavy atom. The Balaban J connectivity index is 1.18. The van der Waals surface area contributed by atoms with Crippen LogP contribution in [0.1, 0.15) is 192 Å². The zero-order valence-electron chi connectivity index (χ0n) is 75.5. The summed E-state index contributed by atoms with van der Waals surface area (Å²) in [5.41, 5.74) is 23.4. The van der Waals surface area contributed by atoms with Crippen LogP contribution < -0.4 is 92.1 Å². The number of nitrogens with one attached hydrogen (secondary N) is 16. The molecular weight excluding hydrogens is 1670 g/mol. The number of fused-ring (bicyclic) bond motifs is 1. The lowest BCUT2D eigenvalue weighted by molar-refractivity contribution is -0.144. The molecule has 2 heterocycles. The minimum Gasteiger partial charge on any atom is -0.508 e. The number of likely N-dealkylation sites (tertiary alicyclic amines) is 1. The molecule has 4 aromatic rings. The van der Waals surface area contributed by atoms with Crippen LogP contribution in [0.5, 0.6) is 5.75 Å². The standard InChI is InChI=1S/C91H141N23O16/c1-4-5-6-7-8-9-10-11-12-13-14-15-16-22-44-112-46-48-113(49-47-112)57-78(119)104-74(58-115)85(126)105-66(31-23-41-99-89(93)94)79(120)102-56-77(118)103-70(53-61-36-39-65(116)40-37-61)82(123)110-72(54-62-35-38-63-29-20-21-30-64(63)51-62)84(125)108-69(50-59(2)3)81(122)109-71(52-60-27-18-17-19-28-60)83(124)107-68(33-25-43-101-91(97)98)87(128)114-45-26-34-75(114)86(127)106-67(32-24-42-100-90(95)96)80(121)111-73(88(129)130)55-76(92)117/h17-21,27-30,35-40,51,59,66-75,115-116H,4-16,22-26,31-34,41-50,52-58H2,1-3H3,(H2,92,117)(H,102,120)(H,103,118)(H,104,119)(H,105,126)(H,106,127)(H,107,124)(H,108,125)(H,109,122)(H,110,123)(H,111,121)(H,129,130)(H4,93,94,99)(H4,95,96,100)(H4,97,98,101)/t66-,67-,68-,69-,70-,71-,72-,73-,74-,75-/m0/s1. The number of carboxylic acids is 1. The molecule has 27 N–H and O–H groups in total. The third-order valence-corrected chi connectivity index (χ3v) is 22.8. The van der Waals surface area contributed by atoms with Gasteiger partial charge < -0.3 is 117 Å². The molecule has 0 unspecified atom stereocenters. The summed E-state index contributed by atoms with van der Waals surface area (Å²) in [5, 5.41) is 89.6. The SMILES string of the molecule is CCCCCCCCCCCCCCCCN1CCN(CC(=O)N[C@@H](CO)C(=O)N[C@@H](CCCNC(=N)N)C(=O)NCC(=O)N[C@@H](Cc2ccc(O)cc2)C(=O)N[C@@H](Cc2ccc3ccccc3c2)C(=O)N[C@@H](CC(C)C)C(=O)N[C@@H](Cc2ccccc2)C(=O)N[C@@H](CCCNC(=N)N)C(=O)N2CCC[C@H]2C(=O)N[C@@H](CCCNC(=N)N)C(=O)N[C@@H](CC(N)=O)C(=O)O)CC1. The number of carbonyl (C=O) groups is 13. The lowest BCUT2D eigenvalue weighted by Gasteiger charge is -2.34. The second-order valence-corrected chi connectivity index (χ2v) is 34.0. The van der Waals surface area contributed by atoms with Crippen molar-refractivity contribution in [3.63, 3.8) is 0 Å². The number of aliphatic hydroxyl groups is 1. The first kappa shape index (κ1) is 107. The maximum atomic E-state index is 15.4. The number of guanidine groups is 3. The van der Waals surface area contributed by atoms with Crippen LogP contribution in [0.2, 0.25) is 0 Å². The number of hydrogen-bond acceptors (Lipinski definition) is 20. The monoisotopic (exact) mass is 1810 g/mol. The number of aliphatic carboxylic acids is 1. The number of amides is 12. The molecule has 2 saturated heterocycles. The van der Waals surface area contributed by atoms with E-state index >= 15 is 24.0 Å². The van der Waals surface area contributed by atoms with Gasteiger partial charge in [-0.2, -0.15) is 0 Å². The summed E-state index contributed by atoms with van der Waals surface area (Å²) in [5.74, 6) is -13.6. The second kappa shape index (κ2) is 58.3. The van der Waals surface area contributed by atoms with Gasteiger partial charge >= 0.3 is 5.97 Å². The van der Waals surface area contributed by atoms with E-state index in [0.29, 0.717) is 29.8 Å². The number of primary amides is 1. The van der Waals surface area contributed by atoms with Crippen molar-refractivity contribution in [1.82, 2.24) is 83.8 Å². The molecular formula is C91H141N23O16. The average Bonchev–Trinajstić information content (AvgIpc) is 1.63. The van der Waals surface area contributed by atoms with E-state index in [1.54, 1.807) is 50.2 Å². The third-order valence-electron chi connectivity index (χ3n) is 22.8. The molecule has 6 rings (SSSR count). The fraction of sp³-hybridized carbons (Fsp3) is 0.582. The maximum Gasteiger partial charge on any atom is 0.326 e. The van der Waals surface area contributed by atoms with Gasteiger partial charge in [-0.1, -0.05) is 189 Å². The lowest BCUT2D eigenvalue weighted by atomic mass is 9.98. The number of phenols is 1. The van der Waals surface area contributed by atoms with Gasteiger partial charge in [0.2, 0.25) is 70.9 Å². The fourth-order valence-corrected chi connectivity index (χ4v) is 15.7. The van der Waals surface area contributed by atoms with Gasteiger partial charge in [-0.15, -0.1) is 0 Å². The maximum absolute atomic E-state index is 15.4. The zero-order chi connectivity index (χ0) is 94.9. The van der Waals surface area contributed by atoms with Gasteiger partial charge in [0.05, 0.1) is 26.1 Å². The van der Waals surface area contributed by atoms with Crippen molar-refractivity contribution < 1.29 is 77.6 Å². The summed E-state index contributed by atoms with van der Waals surface area (Å²) >= 11 is 0. The molecule has 39 nitrogen and oxygen atoms in total. The number of benzene rings is 4. The number of nitrogens with zero attached hydrogens (tertiary/aromatic N) is 3. The molecule has 2 aliphatic heterocycles. The fourth-order valence-electron chi connectivity index (χ4n) is 15.7. The molecule has 2 aliphatic rings. The van der Waals surface area contributed by atoms with E-state index in [2.05, 4.69) is 80.9 Å². The smallest absolute Gasteiger partial charge is 0.326 e. The van der Waals surface area contributed by atoms with Gasteiger partial charge in [0.25, 0.3) is 0 Å². The highest BCUT2D eigenvalue weighted by Gasteiger charge is 2.41. The molecule has 0 aliphatic carbocycles. The van der Waals surface area contributed by atoms with Crippen LogP contribution in [0.25, 0.3) is 10.8 Å². The second-order valence-electron chi connectivity index (χ2n) is 34.0. The highest BCUT2D eigenvalue weighted by atomic mass is 16.4. The van der Waals surface area contributed by atoms with E-state index in [-0.39, 0.29) is 139 Å². The number of piperazine rings is 1. The van der Waals surface area contributed by atoms with Crippen molar-refractivity contribution in [2.24, 2.45) is 28.9 Å². The quantitative estimate of drug-likeness (QED) is 0.0166. The van der Waals surface area contributed by atoms with Crippen LogP contribution in [0, 0.1) is 22.1 Å². The van der Waals surface area contributed by atoms with E-state index < -0.39 is 157 Å². The van der Waals surface area contributed by atoms with Crippen LogP contribution in [0.15, 0.2) is 97.1 Å². The topological polar surface area (TPSA) is 624 Å². The summed E-state index contributed by atoms with van der Waals surface area (Å²) in [6.07, 6.45) is 16.8. The number of nitrogens with two attached hydrogens (primary N) is 4. The third kappa shape index (κ3) is 40.6. The summed E-state index contributed by atoms with van der Waals surface area (Å²) in [4.78, 5) is 190. The Labute approximate surface area is 761 Å². The highest BCUT2D eigenvalue weighted by Crippen LogP contribution is 2.24. The summed E-state index contributed by atoms with van der Waals surface area (Å²) in [7, 11) is 0. The van der Waals surface area contributed by atoms with Gasteiger partial charge in [-0.3, -0.25) is 78.7 Å². The van der Waals surface area contributed by atoms with Crippen molar-refractivity contribution in [2.45, 2.75) is 255 Å². The number of unbranched alkanes of at least 4 members (excludes halogenated alkanes) is 13. The first-order chi connectivity index (χ1) is 62.3. The van der Waals surface area contributed by atoms with E-state index in [1.807, 2.05) is 41.3 Å². The summed E-state index contributed by atoms with van der Waals surface area (Å²) in [6.45, 7) is 8.08. The molecule has 4 aromatic carbocycles. The number of aromatic hydroxyl groups is 1. The molecule has 0 saturated carbocycles. The Hall–Kier alpha value is -12.3. The van der Waals surface area contributed by atoms with Crippen LogP contribution in [0.4, 0.5) is 0 Å². The molecule has 0 bridgehead atoms. The van der Waals surface area contributed by atoms with Gasteiger partial charge in [-0.25, -0.2) is 4.79 Å². The summed E-state index contributed by atoms with van der Waals surface area (Å²) in [6, 6.07) is 12.2. The minimum absolute atomic E-state index is 0.0176. The molecule has 716 valence electrons. The Bertz CT molecular complexity index is 4330. The number of carbonyl (C=O) groups excluding carboxylic acids is 12. The molecule has 2 fully saturated rings. The highest BCUT2D eigenvalue weighted by molar-refractivity contribution is 6.00. The van der Waals surface area contributed by atoms with Crippen LogP contribution in [-0.4, -0.2) is 264 Å². The van der Waals surface area contributed by atoms with E-state index in [4.69, 9.17) is 39.2 Å². The van der Waals surface area contributed by atoms with E-state index in [1.165, 1.54) is 113 Å². The molecule has 0 radical (unpaired) electrons. The average molecular weight is 1810 g/mol. The van der Waals surface area contributed by atoms with Gasteiger partial charge in [0.1, 0.15) is 66.2 Å². The molecule has 39 heteroatoms. The number of carboxylic acid groups (broad SMARTS) is 1. The van der Waals surface area contributed by atoms with Crippen molar-refractivity contribution in [3.8, 4) is 5.75 Å². The molecule has 0 aromatic heterocycles. The molecule has 12 amide bonds. The van der Waals surface area contributed by atoms with Crippen molar-refractivity contribution in [3.05, 3.63) is 114 Å².